The normalized spacial score (nSPS) is 10.2. The minimum absolute atomic E-state index is 0.122. The molecule has 0 saturated carbocycles. The van der Waals surface area contributed by atoms with Crippen molar-refractivity contribution < 1.29 is 19.8 Å². The largest absolute Gasteiger partial charge is 0.477 e. The van der Waals surface area contributed by atoms with Gasteiger partial charge in [0.2, 0.25) is 0 Å². The van der Waals surface area contributed by atoms with E-state index in [2.05, 4.69) is 19.9 Å². The van der Waals surface area contributed by atoms with Crippen LogP contribution in [-0.4, -0.2) is 42.1 Å². The zero-order valence-corrected chi connectivity index (χ0v) is 11.3. The van der Waals surface area contributed by atoms with Crippen molar-refractivity contribution in [1.29, 1.82) is 0 Å². The Bertz CT molecular complexity index is 610. The highest BCUT2D eigenvalue weighted by molar-refractivity contribution is 8.76. The lowest BCUT2D eigenvalue weighted by atomic mass is 10.4. The van der Waals surface area contributed by atoms with Gasteiger partial charge in [-0.15, -0.1) is 0 Å². The molecule has 0 unspecified atom stereocenters. The molecule has 102 valence electrons. The van der Waals surface area contributed by atoms with E-state index >= 15 is 0 Å². The number of carboxylic acid groups (broad SMARTS) is 2. The highest BCUT2D eigenvalue weighted by atomic mass is 33.1. The lowest BCUT2D eigenvalue weighted by Crippen LogP contribution is -2.02. The van der Waals surface area contributed by atoms with Crippen LogP contribution in [0.2, 0.25) is 0 Å². The fourth-order valence-corrected chi connectivity index (χ4v) is 2.63. The number of nitrogens with zero attached hydrogens (tertiary/aromatic N) is 4. The summed E-state index contributed by atoms with van der Waals surface area (Å²) in [4.78, 5) is 36.9. The number of rotatable bonds is 5. The molecule has 0 aliphatic heterocycles. The first kappa shape index (κ1) is 14.2. The van der Waals surface area contributed by atoms with Gasteiger partial charge in [0.25, 0.3) is 0 Å². The summed E-state index contributed by atoms with van der Waals surface area (Å²) in [5.41, 5.74) is -0.244. The van der Waals surface area contributed by atoms with Gasteiger partial charge in [0.1, 0.15) is 0 Å². The maximum Gasteiger partial charge on any atom is 0.354 e. The first-order chi connectivity index (χ1) is 9.56. The van der Waals surface area contributed by atoms with Crippen molar-refractivity contribution in [2.75, 3.05) is 0 Å². The standard InChI is InChI=1S/C10H6N4O4S2/c15-7(16)5-1-3-11-9(13-5)19-20-10-12-4-2-6(14-10)8(17)18/h1-4H,(H,15,16)(H,17,18). The van der Waals surface area contributed by atoms with Crippen LogP contribution in [0.3, 0.4) is 0 Å². The van der Waals surface area contributed by atoms with Crippen molar-refractivity contribution in [3.8, 4) is 0 Å². The molecule has 2 aromatic rings. The Morgan fingerprint density at radius 2 is 1.25 bits per heavy atom. The van der Waals surface area contributed by atoms with Gasteiger partial charge < -0.3 is 10.2 Å². The molecule has 0 saturated heterocycles. The van der Waals surface area contributed by atoms with Crippen LogP contribution in [0, 0.1) is 0 Å². The summed E-state index contributed by atoms with van der Waals surface area (Å²) in [6.45, 7) is 0. The van der Waals surface area contributed by atoms with E-state index in [0.717, 1.165) is 21.6 Å². The number of aromatic nitrogens is 4. The van der Waals surface area contributed by atoms with Crippen LogP contribution in [0.4, 0.5) is 0 Å². The van der Waals surface area contributed by atoms with Gasteiger partial charge in [-0.25, -0.2) is 29.5 Å². The third-order valence-electron chi connectivity index (χ3n) is 1.90. The molecular formula is C10H6N4O4S2. The molecule has 0 radical (unpaired) electrons. The van der Waals surface area contributed by atoms with Crippen molar-refractivity contribution in [2.45, 2.75) is 10.3 Å². The van der Waals surface area contributed by atoms with Gasteiger partial charge in [-0.3, -0.25) is 0 Å². The second-order valence-corrected chi connectivity index (χ2v) is 5.29. The molecule has 2 rings (SSSR count). The lowest BCUT2D eigenvalue weighted by Gasteiger charge is -2.00. The van der Waals surface area contributed by atoms with Gasteiger partial charge >= 0.3 is 11.9 Å². The van der Waals surface area contributed by atoms with Gasteiger partial charge in [-0.2, -0.15) is 0 Å². The summed E-state index contributed by atoms with van der Waals surface area (Å²) in [5.74, 6) is -2.30. The Balaban J connectivity index is 2.08. The van der Waals surface area contributed by atoms with Crippen molar-refractivity contribution in [3.63, 3.8) is 0 Å². The smallest absolute Gasteiger partial charge is 0.354 e. The van der Waals surface area contributed by atoms with Gasteiger partial charge in [0, 0.05) is 12.4 Å². The zero-order chi connectivity index (χ0) is 14.5. The van der Waals surface area contributed by atoms with Gasteiger partial charge in [-0.1, -0.05) is 0 Å². The number of hydrogen-bond acceptors (Lipinski definition) is 8. The number of aromatic carboxylic acids is 2. The van der Waals surface area contributed by atoms with E-state index < -0.39 is 11.9 Å². The minimum atomic E-state index is -1.15. The molecule has 0 aromatic carbocycles. The molecule has 2 heterocycles. The van der Waals surface area contributed by atoms with Crippen LogP contribution < -0.4 is 0 Å². The van der Waals surface area contributed by atoms with Gasteiger partial charge in [-0.05, 0) is 33.7 Å². The van der Waals surface area contributed by atoms with Crippen LogP contribution in [-0.2, 0) is 0 Å². The second kappa shape index (κ2) is 6.30. The fraction of sp³-hybridized carbons (Fsp3) is 0. The quantitative estimate of drug-likeness (QED) is 0.619. The van der Waals surface area contributed by atoms with E-state index in [9.17, 15) is 9.59 Å². The molecule has 2 aromatic heterocycles. The van der Waals surface area contributed by atoms with E-state index in [0.29, 0.717) is 0 Å². The average molecular weight is 310 g/mol. The van der Waals surface area contributed by atoms with Crippen molar-refractivity contribution in [3.05, 3.63) is 35.9 Å². The monoisotopic (exact) mass is 310 g/mol. The van der Waals surface area contributed by atoms with E-state index in [-0.39, 0.29) is 21.7 Å². The molecule has 0 atom stereocenters. The summed E-state index contributed by atoms with van der Waals surface area (Å²) >= 11 is 0. The van der Waals surface area contributed by atoms with E-state index in [1.165, 1.54) is 24.5 Å². The van der Waals surface area contributed by atoms with E-state index in [4.69, 9.17) is 10.2 Å². The second-order valence-electron chi connectivity index (χ2n) is 3.23. The van der Waals surface area contributed by atoms with Crippen molar-refractivity contribution >= 4 is 33.5 Å². The highest BCUT2D eigenvalue weighted by Gasteiger charge is 2.10. The molecule has 2 N–H and O–H groups in total. The topological polar surface area (TPSA) is 126 Å². The Hall–Kier alpha value is -2.20. The van der Waals surface area contributed by atoms with Crippen LogP contribution in [0.25, 0.3) is 0 Å². The zero-order valence-electron chi connectivity index (χ0n) is 9.63. The maximum absolute atomic E-state index is 10.8. The van der Waals surface area contributed by atoms with E-state index in [1.807, 2.05) is 0 Å². The van der Waals surface area contributed by atoms with Crippen LogP contribution in [0.15, 0.2) is 34.8 Å². The van der Waals surface area contributed by atoms with Crippen LogP contribution in [0.5, 0.6) is 0 Å². The Morgan fingerprint density at radius 3 is 1.60 bits per heavy atom. The Kier molecular flexibility index (Phi) is 4.48. The Labute approximate surface area is 120 Å². The molecule has 8 nitrogen and oxygen atoms in total. The summed E-state index contributed by atoms with van der Waals surface area (Å²) in [7, 11) is 2.08. The number of hydrogen-bond donors (Lipinski definition) is 2. The lowest BCUT2D eigenvalue weighted by molar-refractivity contribution is 0.0678. The number of carboxylic acids is 2. The molecule has 0 bridgehead atoms. The molecule has 0 aliphatic carbocycles. The first-order valence-electron chi connectivity index (χ1n) is 5.03. The summed E-state index contributed by atoms with van der Waals surface area (Å²) < 4.78 is 0. The predicted molar refractivity (Wildman–Crippen MR) is 69.7 cm³/mol. The van der Waals surface area contributed by atoms with Gasteiger partial charge in [0.05, 0.1) is 0 Å². The molecule has 0 amide bonds. The van der Waals surface area contributed by atoms with Crippen LogP contribution >= 0.6 is 21.6 Å². The summed E-state index contributed by atoms with van der Waals surface area (Å²) in [6, 6.07) is 2.55. The van der Waals surface area contributed by atoms with Crippen LogP contribution in [0.1, 0.15) is 21.0 Å². The average Bonchev–Trinajstić information content (AvgIpc) is 2.45. The molecule has 10 heteroatoms. The molecule has 0 aliphatic rings. The minimum Gasteiger partial charge on any atom is -0.477 e. The first-order valence-corrected chi connectivity index (χ1v) is 7.18. The number of carbonyl (C=O) groups is 2. The maximum atomic E-state index is 10.8. The third kappa shape index (κ3) is 3.65. The van der Waals surface area contributed by atoms with E-state index in [1.54, 1.807) is 0 Å². The molecular weight excluding hydrogens is 304 g/mol. The SMILES string of the molecule is O=C(O)c1ccnc(SSc2nccc(C(=O)O)n2)n1. The third-order valence-corrected chi connectivity index (χ3v) is 3.82. The molecule has 0 spiro atoms. The summed E-state index contributed by atoms with van der Waals surface area (Å²) in [5, 5.41) is 18.0. The van der Waals surface area contributed by atoms with Crippen molar-refractivity contribution in [2.24, 2.45) is 0 Å². The fourth-order valence-electron chi connectivity index (χ4n) is 1.07. The molecule has 20 heavy (non-hydrogen) atoms. The Morgan fingerprint density at radius 1 is 0.850 bits per heavy atom. The highest BCUT2D eigenvalue weighted by Crippen LogP contribution is 2.32. The van der Waals surface area contributed by atoms with Crippen molar-refractivity contribution in [1.82, 2.24) is 19.9 Å². The van der Waals surface area contributed by atoms with Gasteiger partial charge in [0.15, 0.2) is 21.7 Å². The summed E-state index contributed by atoms with van der Waals surface area (Å²) in [6.07, 6.45) is 2.65. The predicted octanol–water partition coefficient (Wildman–Crippen LogP) is 1.46. The molecule has 0 fully saturated rings.